The van der Waals surface area contributed by atoms with Crippen LogP contribution in [-0.4, -0.2) is 52.1 Å². The maximum Gasteiger partial charge on any atom is 0.455 e. The van der Waals surface area contributed by atoms with Gasteiger partial charge in [-0.1, -0.05) is 42.0 Å². The number of carbonyl (C=O) groups excluding carboxylic acids is 2. The summed E-state index contributed by atoms with van der Waals surface area (Å²) in [5.74, 6) is -1.03. The number of fused-ring (bicyclic) bond motifs is 4. The summed E-state index contributed by atoms with van der Waals surface area (Å²) in [6, 6.07) is 17.2. The smallest absolute Gasteiger partial charge is 0.455 e. The second-order valence-electron chi connectivity index (χ2n) is 10.9. The van der Waals surface area contributed by atoms with Gasteiger partial charge in [-0.25, -0.2) is 0 Å². The second kappa shape index (κ2) is 10.1. The van der Waals surface area contributed by atoms with Gasteiger partial charge in [-0.05, 0) is 84.8 Å². The van der Waals surface area contributed by atoms with E-state index in [4.69, 9.17) is 4.65 Å². The van der Waals surface area contributed by atoms with E-state index < -0.39 is 13.0 Å². The van der Waals surface area contributed by atoms with Crippen LogP contribution in [0.5, 0.6) is 5.75 Å². The Morgan fingerprint density at radius 3 is 2.62 bits per heavy atom. The molecule has 3 heterocycles. The van der Waals surface area contributed by atoms with Crippen molar-refractivity contribution < 1.29 is 24.4 Å². The molecule has 6 rings (SSSR count). The fraction of sp³-hybridized carbons (Fsp3) is 0.323. The molecule has 198 valence electrons. The molecule has 0 bridgehead atoms. The molecular formula is C31H31BN2O5. The highest BCUT2D eigenvalue weighted by atomic mass is 16.5. The number of phenols is 1. The Kier molecular flexibility index (Phi) is 6.61. The number of phenolic OH excluding ortho intramolecular Hbond substituents is 1. The number of carbonyl (C=O) groups is 2. The fourth-order valence-electron chi connectivity index (χ4n) is 6.81. The van der Waals surface area contributed by atoms with Gasteiger partial charge in [0.05, 0.1) is 23.6 Å². The Morgan fingerprint density at radius 1 is 1.08 bits per heavy atom. The van der Waals surface area contributed by atoms with Gasteiger partial charge in [-0.15, -0.1) is 0 Å². The van der Waals surface area contributed by atoms with E-state index in [2.05, 4.69) is 11.1 Å². The number of hydrogen-bond acceptors (Lipinski definition) is 6. The largest absolute Gasteiger partial charge is 0.507 e. The van der Waals surface area contributed by atoms with Crippen molar-refractivity contribution in [1.29, 1.82) is 0 Å². The summed E-state index contributed by atoms with van der Waals surface area (Å²) in [7, 11) is 0.565. The molecule has 1 aliphatic carbocycles. The number of pyridine rings is 1. The third-order valence-corrected chi connectivity index (χ3v) is 8.61. The minimum absolute atomic E-state index is 0.123. The van der Waals surface area contributed by atoms with E-state index in [1.807, 2.05) is 55.5 Å². The summed E-state index contributed by atoms with van der Waals surface area (Å²) >= 11 is 0. The molecule has 2 saturated heterocycles. The highest BCUT2D eigenvalue weighted by Gasteiger charge is 2.55. The minimum atomic E-state index is -0.993. The van der Waals surface area contributed by atoms with E-state index in [-0.39, 0.29) is 35.5 Å². The first-order chi connectivity index (χ1) is 18.8. The van der Waals surface area contributed by atoms with Crippen molar-refractivity contribution in [2.45, 2.75) is 38.6 Å². The number of aromatic nitrogens is 1. The first-order valence-corrected chi connectivity index (χ1v) is 13.5. The normalized spacial score (nSPS) is 25.4. The van der Waals surface area contributed by atoms with Gasteiger partial charge in [0.25, 0.3) is 0 Å². The van der Waals surface area contributed by atoms with Gasteiger partial charge >= 0.3 is 7.12 Å². The van der Waals surface area contributed by atoms with Crippen molar-refractivity contribution in [3.8, 4) is 5.75 Å². The summed E-state index contributed by atoms with van der Waals surface area (Å²) < 4.78 is 6.09. The molecule has 2 aliphatic heterocycles. The van der Waals surface area contributed by atoms with Crippen LogP contribution in [0.3, 0.4) is 0 Å². The summed E-state index contributed by atoms with van der Waals surface area (Å²) in [6.07, 6.45) is 5.58. The zero-order chi connectivity index (χ0) is 27.3. The molecule has 2 amide bonds. The maximum absolute atomic E-state index is 13.0. The lowest BCUT2D eigenvalue weighted by Crippen LogP contribution is -2.45. The molecule has 39 heavy (non-hydrogen) atoms. The van der Waals surface area contributed by atoms with Gasteiger partial charge < -0.3 is 14.8 Å². The molecule has 7 nitrogen and oxygen atoms in total. The van der Waals surface area contributed by atoms with Crippen molar-refractivity contribution >= 4 is 41.4 Å². The maximum atomic E-state index is 13.0. The van der Waals surface area contributed by atoms with Crippen LogP contribution in [-0.2, 0) is 14.2 Å². The molecule has 8 heteroatoms. The Hall–Kier alpha value is -3.75. The van der Waals surface area contributed by atoms with Crippen LogP contribution in [0.2, 0.25) is 6.32 Å². The number of amides is 2. The predicted octanol–water partition coefficient (Wildman–Crippen LogP) is 4.71. The Morgan fingerprint density at radius 2 is 1.85 bits per heavy atom. The molecule has 2 N–H and O–H groups in total. The highest BCUT2D eigenvalue weighted by Crippen LogP contribution is 2.50. The molecule has 1 aromatic heterocycles. The van der Waals surface area contributed by atoms with Gasteiger partial charge in [-0.2, -0.15) is 0 Å². The molecule has 0 spiro atoms. The van der Waals surface area contributed by atoms with Crippen molar-refractivity contribution in [2.75, 3.05) is 7.05 Å². The monoisotopic (exact) mass is 522 g/mol. The highest BCUT2D eigenvalue weighted by molar-refractivity contribution is 6.43. The molecule has 2 aromatic carbocycles. The van der Waals surface area contributed by atoms with E-state index >= 15 is 0 Å². The van der Waals surface area contributed by atoms with E-state index in [9.17, 15) is 19.7 Å². The zero-order valence-electron chi connectivity index (χ0n) is 22.1. The van der Waals surface area contributed by atoms with E-state index in [1.54, 1.807) is 19.3 Å². The topological polar surface area (TPSA) is 100.0 Å². The molecule has 3 aliphatic rings. The second-order valence-corrected chi connectivity index (χ2v) is 10.9. The molecule has 3 aromatic rings. The van der Waals surface area contributed by atoms with E-state index in [1.165, 1.54) is 4.90 Å². The number of hydrogen-bond donors (Lipinski definition) is 2. The SMILES string of the molecule is CC1=C2[C@@H](CC/C(=C/c3ccc(O)c4ccccc34)c3ccccn3)OB(O)C[C@@H]2[C@@H]2C(=O)N(C)C(=O)[C@@H]2C1. The van der Waals surface area contributed by atoms with E-state index in [0.29, 0.717) is 25.6 Å². The van der Waals surface area contributed by atoms with Crippen molar-refractivity contribution in [3.05, 3.63) is 83.2 Å². The van der Waals surface area contributed by atoms with Crippen LogP contribution in [0.1, 0.15) is 37.4 Å². The predicted molar refractivity (Wildman–Crippen MR) is 150 cm³/mol. The van der Waals surface area contributed by atoms with Crippen LogP contribution in [0.25, 0.3) is 22.4 Å². The summed E-state index contributed by atoms with van der Waals surface area (Å²) in [4.78, 5) is 31.7. The van der Waals surface area contributed by atoms with Crippen molar-refractivity contribution in [2.24, 2.45) is 17.8 Å². The lowest BCUT2D eigenvalue weighted by atomic mass is 9.58. The summed E-state index contributed by atoms with van der Waals surface area (Å²) in [5, 5.41) is 22.8. The first kappa shape index (κ1) is 25.5. The number of allylic oxidation sites excluding steroid dienone is 2. The molecule has 4 atom stereocenters. The number of benzene rings is 2. The lowest BCUT2D eigenvalue weighted by Gasteiger charge is -2.42. The van der Waals surface area contributed by atoms with Crippen LogP contribution in [0.4, 0.5) is 0 Å². The van der Waals surface area contributed by atoms with Gasteiger partial charge in [-0.3, -0.25) is 19.5 Å². The van der Waals surface area contributed by atoms with Gasteiger partial charge in [0, 0.05) is 18.6 Å². The fourth-order valence-corrected chi connectivity index (χ4v) is 6.81. The van der Waals surface area contributed by atoms with Crippen LogP contribution in [0, 0.1) is 17.8 Å². The minimum Gasteiger partial charge on any atom is -0.507 e. The standard InChI is InChI=1S/C31H31BN2O5/c1-18-15-23-29(31(37)34(2)30(23)36)24-17-32(38)39-27(28(18)24)13-11-20(25-9-5-6-14-33-25)16-19-10-12-26(35)22-8-4-3-7-21(19)22/h3-10,12,14,16,23-24,27,29,35,38H,11,13,15,17H2,1-2H3/b20-16-/t23-,24+,27-,29-/m1/s1. The van der Waals surface area contributed by atoms with Crippen LogP contribution < -0.4 is 0 Å². The van der Waals surface area contributed by atoms with Gasteiger partial charge in [0.15, 0.2) is 0 Å². The molecule has 0 unspecified atom stereocenters. The Bertz CT molecular complexity index is 1520. The number of likely N-dealkylation sites (tertiary alicyclic amines) is 1. The van der Waals surface area contributed by atoms with Gasteiger partial charge in [0.1, 0.15) is 5.75 Å². The Balaban J connectivity index is 1.34. The zero-order valence-corrected chi connectivity index (χ0v) is 22.1. The van der Waals surface area contributed by atoms with Crippen molar-refractivity contribution in [3.63, 3.8) is 0 Å². The number of nitrogens with zero attached hydrogens (tertiary/aromatic N) is 2. The average molecular weight is 522 g/mol. The summed E-state index contributed by atoms with van der Waals surface area (Å²) in [6.45, 7) is 2.03. The third-order valence-electron chi connectivity index (χ3n) is 8.61. The van der Waals surface area contributed by atoms with E-state index in [0.717, 1.165) is 38.7 Å². The average Bonchev–Trinajstić information content (AvgIpc) is 3.16. The summed E-state index contributed by atoms with van der Waals surface area (Å²) in [5.41, 5.74) is 4.97. The van der Waals surface area contributed by atoms with Crippen LogP contribution in [0.15, 0.2) is 71.9 Å². The molecule has 2 fully saturated rings. The molecular weight excluding hydrogens is 491 g/mol. The lowest BCUT2D eigenvalue weighted by molar-refractivity contribution is -0.138. The van der Waals surface area contributed by atoms with Crippen molar-refractivity contribution in [1.82, 2.24) is 9.88 Å². The molecule has 0 radical (unpaired) electrons. The number of aromatic hydroxyl groups is 1. The quantitative estimate of drug-likeness (QED) is 0.286. The first-order valence-electron chi connectivity index (χ1n) is 13.5. The Labute approximate surface area is 228 Å². The molecule has 0 saturated carbocycles. The van der Waals surface area contributed by atoms with Gasteiger partial charge in [0.2, 0.25) is 11.8 Å². The number of rotatable bonds is 5. The third kappa shape index (κ3) is 4.47. The number of imide groups is 1. The van der Waals surface area contributed by atoms with Crippen LogP contribution >= 0.6 is 0 Å².